The van der Waals surface area contributed by atoms with Gasteiger partial charge in [-0.15, -0.1) is 0 Å². The fourth-order valence-electron chi connectivity index (χ4n) is 4.29. The number of pyridine rings is 1. The molecule has 1 aromatic heterocycles. The van der Waals surface area contributed by atoms with Crippen LogP contribution in [0.1, 0.15) is 41.6 Å². The summed E-state index contributed by atoms with van der Waals surface area (Å²) in [7, 11) is 3.19. The van der Waals surface area contributed by atoms with Crippen molar-refractivity contribution in [1.29, 1.82) is 0 Å². The van der Waals surface area contributed by atoms with E-state index in [1.165, 1.54) is 5.69 Å². The lowest BCUT2D eigenvalue weighted by atomic mass is 10.1. The van der Waals surface area contributed by atoms with Crippen LogP contribution in [0.4, 0.5) is 17.1 Å². The maximum atomic E-state index is 13.5. The zero-order valence-corrected chi connectivity index (χ0v) is 19.8. The summed E-state index contributed by atoms with van der Waals surface area (Å²) in [4.78, 5) is 22.1. The number of fused-ring (bicyclic) bond motifs is 1. The molecule has 0 aliphatic carbocycles. The maximum absolute atomic E-state index is 13.5. The van der Waals surface area contributed by atoms with E-state index in [-0.39, 0.29) is 5.91 Å². The van der Waals surface area contributed by atoms with E-state index in [9.17, 15) is 4.79 Å². The van der Waals surface area contributed by atoms with Gasteiger partial charge in [-0.1, -0.05) is 0 Å². The predicted octanol–water partition coefficient (Wildman–Crippen LogP) is 5.02. The number of aryl methyl sites for hydroxylation is 1. The zero-order chi connectivity index (χ0) is 23.5. The third-order valence-electron chi connectivity index (χ3n) is 6.08. The van der Waals surface area contributed by atoms with Crippen molar-refractivity contribution in [2.45, 2.75) is 26.9 Å². The van der Waals surface area contributed by atoms with Gasteiger partial charge in [-0.25, -0.2) is 0 Å². The van der Waals surface area contributed by atoms with Crippen LogP contribution in [0.5, 0.6) is 11.5 Å². The molecule has 1 aliphatic rings. The molecule has 1 N–H and O–H groups in total. The average molecular weight is 447 g/mol. The molecule has 0 radical (unpaired) electrons. The number of ether oxygens (including phenoxy) is 2. The summed E-state index contributed by atoms with van der Waals surface area (Å²) in [6.45, 7) is 8.26. The molecule has 33 heavy (non-hydrogen) atoms. The Balaban J connectivity index is 1.78. The normalized spacial score (nSPS) is 14.8. The van der Waals surface area contributed by atoms with Crippen molar-refractivity contribution in [1.82, 2.24) is 4.98 Å². The molecule has 1 aliphatic heterocycles. The van der Waals surface area contributed by atoms with Crippen LogP contribution >= 0.6 is 0 Å². The third kappa shape index (κ3) is 4.06. The molecular formula is C26H30N4O3. The minimum Gasteiger partial charge on any atom is -0.497 e. The van der Waals surface area contributed by atoms with Gasteiger partial charge in [-0.2, -0.15) is 0 Å². The molecule has 0 fully saturated rings. The van der Waals surface area contributed by atoms with Crippen molar-refractivity contribution in [3.05, 3.63) is 71.5 Å². The Hall–Kier alpha value is -3.74. The van der Waals surface area contributed by atoms with Gasteiger partial charge in [0, 0.05) is 36.7 Å². The highest BCUT2D eigenvalue weighted by atomic mass is 16.5. The lowest BCUT2D eigenvalue weighted by Crippen LogP contribution is -2.33. The first-order chi connectivity index (χ1) is 16.0. The number of anilines is 3. The van der Waals surface area contributed by atoms with E-state index < -0.39 is 6.17 Å². The fourth-order valence-corrected chi connectivity index (χ4v) is 4.29. The van der Waals surface area contributed by atoms with Crippen LogP contribution < -0.4 is 24.6 Å². The number of carbonyl (C=O) groups excluding carboxylic acids is 1. The molecule has 2 heterocycles. The quantitative estimate of drug-likeness (QED) is 0.524. The summed E-state index contributed by atoms with van der Waals surface area (Å²) in [5.41, 5.74) is 5.07. The van der Waals surface area contributed by atoms with Gasteiger partial charge in [0.05, 0.1) is 31.2 Å². The first-order valence-corrected chi connectivity index (χ1v) is 11.1. The van der Waals surface area contributed by atoms with Crippen LogP contribution in [0.25, 0.3) is 0 Å². The lowest BCUT2D eigenvalue weighted by molar-refractivity contribution is 0.0992. The maximum Gasteiger partial charge on any atom is 0.262 e. The van der Waals surface area contributed by atoms with Crippen molar-refractivity contribution in [3.8, 4) is 11.5 Å². The standard InChI is InChI=1S/C26H30N4O3/c1-6-29(7-2)18-10-12-21(17(3)15-18)28-25-24-20(9-8-14-27-24)26(31)30(25)22-16-19(32-4)11-13-23(22)33-5/h8-16,25,28H,6-7H2,1-5H3. The number of rotatable bonds is 8. The third-order valence-corrected chi connectivity index (χ3v) is 6.08. The van der Waals surface area contributed by atoms with E-state index in [0.29, 0.717) is 28.4 Å². The summed E-state index contributed by atoms with van der Waals surface area (Å²) in [5.74, 6) is 1.08. The van der Waals surface area contributed by atoms with Gasteiger partial charge in [0.25, 0.3) is 5.91 Å². The van der Waals surface area contributed by atoms with Crippen LogP contribution in [-0.4, -0.2) is 38.2 Å². The van der Waals surface area contributed by atoms with E-state index in [1.54, 1.807) is 37.4 Å². The number of nitrogens with zero attached hydrogens (tertiary/aromatic N) is 3. The second kappa shape index (κ2) is 9.40. The number of methoxy groups -OCH3 is 2. The minimum absolute atomic E-state index is 0.139. The van der Waals surface area contributed by atoms with Crippen LogP contribution in [0.3, 0.4) is 0 Å². The van der Waals surface area contributed by atoms with Crippen molar-refractivity contribution in [2.24, 2.45) is 0 Å². The van der Waals surface area contributed by atoms with Crippen molar-refractivity contribution < 1.29 is 14.3 Å². The second-order valence-electron chi connectivity index (χ2n) is 7.87. The van der Waals surface area contributed by atoms with Gasteiger partial charge in [0.1, 0.15) is 11.5 Å². The number of amides is 1. The highest BCUT2D eigenvalue weighted by Crippen LogP contribution is 2.43. The van der Waals surface area contributed by atoms with E-state index in [1.807, 2.05) is 18.2 Å². The van der Waals surface area contributed by atoms with E-state index in [0.717, 1.165) is 24.3 Å². The predicted molar refractivity (Wildman–Crippen MR) is 132 cm³/mol. The largest absolute Gasteiger partial charge is 0.497 e. The van der Waals surface area contributed by atoms with Gasteiger partial charge in [0.2, 0.25) is 0 Å². The van der Waals surface area contributed by atoms with E-state index in [2.05, 4.69) is 54.2 Å². The number of hydrogen-bond acceptors (Lipinski definition) is 6. The summed E-state index contributed by atoms with van der Waals surface area (Å²) in [5, 5.41) is 3.56. The van der Waals surface area contributed by atoms with Crippen LogP contribution in [0, 0.1) is 6.92 Å². The highest BCUT2D eigenvalue weighted by molar-refractivity contribution is 6.11. The topological polar surface area (TPSA) is 66.9 Å². The lowest BCUT2D eigenvalue weighted by Gasteiger charge is -2.29. The molecule has 0 saturated heterocycles. The van der Waals surface area contributed by atoms with Gasteiger partial charge >= 0.3 is 0 Å². The smallest absolute Gasteiger partial charge is 0.262 e. The Labute approximate surface area is 195 Å². The van der Waals surface area contributed by atoms with Crippen molar-refractivity contribution in [2.75, 3.05) is 42.4 Å². The van der Waals surface area contributed by atoms with E-state index >= 15 is 0 Å². The molecule has 0 spiro atoms. The summed E-state index contributed by atoms with van der Waals surface area (Å²) in [6, 6.07) is 15.4. The Morgan fingerprint density at radius 3 is 2.52 bits per heavy atom. The molecule has 7 heteroatoms. The zero-order valence-electron chi connectivity index (χ0n) is 19.8. The first-order valence-electron chi connectivity index (χ1n) is 11.1. The van der Waals surface area contributed by atoms with Crippen LogP contribution in [0.2, 0.25) is 0 Å². The van der Waals surface area contributed by atoms with Crippen LogP contribution in [-0.2, 0) is 0 Å². The number of hydrogen-bond donors (Lipinski definition) is 1. The molecule has 0 bridgehead atoms. The summed E-state index contributed by atoms with van der Waals surface area (Å²) >= 11 is 0. The van der Waals surface area contributed by atoms with Crippen LogP contribution in [0.15, 0.2) is 54.7 Å². The Bertz CT molecular complexity index is 1160. The molecule has 4 rings (SSSR count). The van der Waals surface area contributed by atoms with E-state index in [4.69, 9.17) is 9.47 Å². The minimum atomic E-state index is -0.493. The van der Waals surface area contributed by atoms with Crippen molar-refractivity contribution in [3.63, 3.8) is 0 Å². The summed E-state index contributed by atoms with van der Waals surface area (Å²) < 4.78 is 11.0. The molecular weight excluding hydrogens is 416 g/mol. The van der Waals surface area contributed by atoms with Gasteiger partial charge in [-0.05, 0) is 68.8 Å². The number of carbonyl (C=O) groups is 1. The SMILES string of the molecule is CCN(CC)c1ccc(NC2c3ncccc3C(=O)N2c2cc(OC)ccc2OC)c(C)c1. The number of benzene rings is 2. The molecule has 3 aromatic rings. The second-order valence-corrected chi connectivity index (χ2v) is 7.87. The number of aromatic nitrogens is 1. The molecule has 1 unspecified atom stereocenters. The Morgan fingerprint density at radius 1 is 1.06 bits per heavy atom. The Morgan fingerprint density at radius 2 is 1.85 bits per heavy atom. The monoisotopic (exact) mass is 446 g/mol. The number of nitrogens with one attached hydrogen (secondary N) is 1. The Kier molecular flexibility index (Phi) is 6.40. The summed E-state index contributed by atoms with van der Waals surface area (Å²) in [6.07, 6.45) is 1.22. The highest BCUT2D eigenvalue weighted by Gasteiger charge is 2.40. The molecule has 172 valence electrons. The fraction of sp³-hybridized carbons (Fsp3) is 0.308. The average Bonchev–Trinajstić information content (AvgIpc) is 3.12. The molecule has 0 saturated carbocycles. The first kappa shape index (κ1) is 22.5. The molecule has 1 atom stereocenters. The molecule has 7 nitrogen and oxygen atoms in total. The van der Waals surface area contributed by atoms with Gasteiger partial charge < -0.3 is 19.7 Å². The van der Waals surface area contributed by atoms with Gasteiger partial charge in [0.15, 0.2) is 6.17 Å². The van der Waals surface area contributed by atoms with Gasteiger partial charge in [-0.3, -0.25) is 14.7 Å². The molecule has 1 amide bonds. The van der Waals surface area contributed by atoms with Crippen molar-refractivity contribution >= 4 is 23.0 Å². The molecule has 2 aromatic carbocycles.